The first kappa shape index (κ1) is 31.1. The lowest BCUT2D eigenvalue weighted by Gasteiger charge is -2.27. The third-order valence-corrected chi connectivity index (χ3v) is 7.67. The van der Waals surface area contributed by atoms with Crippen LogP contribution in [0.3, 0.4) is 0 Å². The number of aromatic nitrogens is 2. The number of thioether (sulfide) groups is 1. The van der Waals surface area contributed by atoms with Crippen molar-refractivity contribution < 1.29 is 14.3 Å². The number of rotatable bonds is 6. The van der Waals surface area contributed by atoms with Crippen LogP contribution in [0.1, 0.15) is 66.0 Å². The lowest BCUT2D eigenvalue weighted by molar-refractivity contribution is 0.0696. The van der Waals surface area contributed by atoms with Crippen molar-refractivity contribution in [2.24, 2.45) is 7.05 Å². The van der Waals surface area contributed by atoms with Gasteiger partial charge in [0.15, 0.2) is 5.16 Å². The van der Waals surface area contributed by atoms with E-state index < -0.39 is 5.97 Å². The Kier molecular flexibility index (Phi) is 11.6. The molecule has 4 aromatic rings. The number of benzene rings is 3. The number of aryl methyl sites for hydroxylation is 2. The first-order chi connectivity index (χ1) is 18.0. The summed E-state index contributed by atoms with van der Waals surface area (Å²) < 4.78 is 14.0. The van der Waals surface area contributed by atoms with Crippen LogP contribution in [0.4, 0.5) is 4.39 Å². The highest BCUT2D eigenvalue weighted by Gasteiger charge is 2.28. The van der Waals surface area contributed by atoms with Crippen LogP contribution >= 0.6 is 23.4 Å². The van der Waals surface area contributed by atoms with Gasteiger partial charge < -0.3 is 9.67 Å². The van der Waals surface area contributed by atoms with Gasteiger partial charge in [0, 0.05) is 28.9 Å². The molecule has 202 valence electrons. The molecular weight excluding hydrogens is 519 g/mol. The number of hydrogen-bond donors (Lipinski definition) is 1. The van der Waals surface area contributed by atoms with E-state index >= 15 is 0 Å². The zero-order valence-electron chi connectivity index (χ0n) is 23.0. The predicted octanol–water partition coefficient (Wildman–Crippen LogP) is 8.86. The van der Waals surface area contributed by atoms with Crippen LogP contribution in [-0.2, 0) is 18.2 Å². The van der Waals surface area contributed by atoms with Crippen LogP contribution in [0.5, 0.6) is 0 Å². The first-order valence-corrected chi connectivity index (χ1v) is 13.8. The Morgan fingerprint density at radius 3 is 2.24 bits per heavy atom. The summed E-state index contributed by atoms with van der Waals surface area (Å²) in [4.78, 5) is 16.1. The van der Waals surface area contributed by atoms with Crippen LogP contribution in [-0.4, -0.2) is 20.6 Å². The first-order valence-electron chi connectivity index (χ1n) is 12.5. The van der Waals surface area contributed by atoms with E-state index in [9.17, 15) is 14.3 Å². The Hall–Kier alpha value is -3.09. The monoisotopic (exact) mass is 554 g/mol. The van der Waals surface area contributed by atoms with Crippen LogP contribution in [0.2, 0.25) is 5.02 Å². The lowest BCUT2D eigenvalue weighted by Crippen LogP contribution is -2.22. The standard InChI is InChI=1S/C23H25ClN2O2S.C6H5F.C2H6/c1-14-9-10-16(11-15(14)2)23(3,4)20-12-25-22(26(20)5)29-13-18-17(21(27)28)7-6-8-19(18)24;7-6-4-2-1-3-5-6;1-2/h6-12H,13H2,1-5H3,(H,27,28);1-5H;1-2H3. The molecule has 4 nitrogen and oxygen atoms in total. The molecule has 0 saturated carbocycles. The highest BCUT2D eigenvalue weighted by atomic mass is 35.5. The molecular formula is C31H36ClFN2O2S. The van der Waals surface area contributed by atoms with Crippen molar-refractivity contribution in [3.63, 3.8) is 0 Å². The minimum Gasteiger partial charge on any atom is -0.478 e. The van der Waals surface area contributed by atoms with Crippen LogP contribution in [0.25, 0.3) is 0 Å². The molecule has 38 heavy (non-hydrogen) atoms. The summed E-state index contributed by atoms with van der Waals surface area (Å²) >= 11 is 7.75. The van der Waals surface area contributed by atoms with Gasteiger partial charge in [-0.3, -0.25) is 0 Å². The van der Waals surface area contributed by atoms with Crippen LogP contribution in [0.15, 0.2) is 78.1 Å². The lowest BCUT2D eigenvalue weighted by atomic mass is 9.80. The molecule has 0 fully saturated rings. The molecule has 0 aliphatic carbocycles. The fourth-order valence-electron chi connectivity index (χ4n) is 3.84. The quantitative estimate of drug-likeness (QED) is 0.242. The topological polar surface area (TPSA) is 55.1 Å². The van der Waals surface area contributed by atoms with E-state index in [2.05, 4.69) is 55.4 Å². The summed E-state index contributed by atoms with van der Waals surface area (Å²) in [7, 11) is 2.00. The molecule has 0 aliphatic heterocycles. The molecule has 0 bridgehead atoms. The van der Waals surface area contributed by atoms with Gasteiger partial charge in [-0.15, -0.1) is 0 Å². The SMILES string of the molecule is CC.Cc1ccc(C(C)(C)c2cnc(SCc3c(Cl)cccc3C(=O)O)n2C)cc1C.Fc1ccccc1. The fraction of sp³-hybridized carbons (Fsp3) is 0.290. The minimum atomic E-state index is -0.973. The van der Waals surface area contributed by atoms with Gasteiger partial charge in [-0.05, 0) is 60.4 Å². The summed E-state index contributed by atoms with van der Waals surface area (Å²) in [5, 5.41) is 10.7. The van der Waals surface area contributed by atoms with Gasteiger partial charge >= 0.3 is 5.97 Å². The molecule has 0 spiro atoms. The van der Waals surface area contributed by atoms with E-state index in [0.29, 0.717) is 16.3 Å². The van der Waals surface area contributed by atoms with Crippen molar-refractivity contribution >= 4 is 29.3 Å². The summed E-state index contributed by atoms with van der Waals surface area (Å²) in [6.07, 6.45) is 1.90. The normalized spacial score (nSPS) is 10.7. The van der Waals surface area contributed by atoms with E-state index in [1.807, 2.05) is 27.1 Å². The molecule has 0 saturated heterocycles. The van der Waals surface area contributed by atoms with Crippen molar-refractivity contribution in [1.82, 2.24) is 9.55 Å². The van der Waals surface area contributed by atoms with Crippen molar-refractivity contribution in [2.75, 3.05) is 0 Å². The molecule has 7 heteroatoms. The maximum atomic E-state index is 11.9. The Balaban J connectivity index is 0.000000481. The second kappa shape index (κ2) is 14.2. The second-order valence-electron chi connectivity index (χ2n) is 9.06. The van der Waals surface area contributed by atoms with Gasteiger partial charge in [-0.2, -0.15) is 0 Å². The number of carboxylic acids is 1. The number of halogens is 2. The number of imidazole rings is 1. The average molecular weight is 555 g/mol. The summed E-state index contributed by atoms with van der Waals surface area (Å²) in [6.45, 7) is 12.6. The number of carbonyl (C=O) groups is 1. The average Bonchev–Trinajstić information content (AvgIpc) is 3.27. The summed E-state index contributed by atoms with van der Waals surface area (Å²) in [6, 6.07) is 19.5. The Bertz CT molecular complexity index is 1350. The molecule has 0 atom stereocenters. The molecule has 0 radical (unpaired) electrons. The number of hydrogen-bond acceptors (Lipinski definition) is 3. The molecule has 0 unspecified atom stereocenters. The van der Waals surface area contributed by atoms with E-state index in [0.717, 1.165) is 10.9 Å². The van der Waals surface area contributed by atoms with Gasteiger partial charge in [0.2, 0.25) is 0 Å². The highest BCUT2D eigenvalue weighted by Crippen LogP contribution is 2.35. The molecule has 4 rings (SSSR count). The Morgan fingerprint density at radius 2 is 1.68 bits per heavy atom. The van der Waals surface area contributed by atoms with Crippen molar-refractivity contribution in [3.8, 4) is 0 Å². The molecule has 1 heterocycles. The third kappa shape index (κ3) is 7.71. The zero-order chi connectivity index (χ0) is 28.5. The zero-order valence-corrected chi connectivity index (χ0v) is 24.6. The van der Waals surface area contributed by atoms with Crippen LogP contribution < -0.4 is 0 Å². The van der Waals surface area contributed by atoms with Gasteiger partial charge in [0.25, 0.3) is 0 Å². The van der Waals surface area contributed by atoms with E-state index in [1.165, 1.54) is 40.6 Å². The smallest absolute Gasteiger partial charge is 0.336 e. The van der Waals surface area contributed by atoms with Gasteiger partial charge in [-0.1, -0.05) is 93.5 Å². The van der Waals surface area contributed by atoms with Crippen LogP contribution in [0, 0.1) is 19.7 Å². The fourth-order valence-corrected chi connectivity index (χ4v) is 5.17. The number of nitrogens with zero attached hydrogens (tertiary/aromatic N) is 2. The largest absolute Gasteiger partial charge is 0.478 e. The summed E-state index contributed by atoms with van der Waals surface area (Å²) in [5.41, 5.74) is 5.52. The van der Waals surface area contributed by atoms with E-state index in [-0.39, 0.29) is 16.8 Å². The second-order valence-corrected chi connectivity index (χ2v) is 10.4. The predicted molar refractivity (Wildman–Crippen MR) is 157 cm³/mol. The van der Waals surface area contributed by atoms with Gasteiger partial charge in [0.1, 0.15) is 5.82 Å². The maximum absolute atomic E-state index is 11.9. The van der Waals surface area contributed by atoms with Crippen molar-refractivity contribution in [3.05, 3.63) is 117 Å². The number of carboxylic acid groups (broad SMARTS) is 1. The third-order valence-electron chi connectivity index (χ3n) is 6.24. The Morgan fingerprint density at radius 1 is 1.03 bits per heavy atom. The maximum Gasteiger partial charge on any atom is 0.336 e. The van der Waals surface area contributed by atoms with Crippen molar-refractivity contribution in [2.45, 2.75) is 57.9 Å². The summed E-state index contributed by atoms with van der Waals surface area (Å²) in [5.74, 6) is -0.711. The molecule has 3 aromatic carbocycles. The molecule has 0 aliphatic rings. The Labute approximate surface area is 234 Å². The minimum absolute atomic E-state index is 0.178. The molecule has 1 aromatic heterocycles. The van der Waals surface area contributed by atoms with Crippen molar-refractivity contribution in [1.29, 1.82) is 0 Å². The van der Waals surface area contributed by atoms with Gasteiger partial charge in [-0.25, -0.2) is 14.2 Å². The number of aromatic carboxylic acids is 1. The molecule has 0 amide bonds. The van der Waals surface area contributed by atoms with Gasteiger partial charge in [0.05, 0.1) is 11.8 Å². The highest BCUT2D eigenvalue weighted by molar-refractivity contribution is 7.98. The van der Waals surface area contributed by atoms with E-state index in [4.69, 9.17) is 11.6 Å². The molecule has 1 N–H and O–H groups in total. The van der Waals surface area contributed by atoms with E-state index in [1.54, 1.807) is 36.4 Å².